The average Bonchev–Trinajstić information content (AvgIpc) is 2.38. The summed E-state index contributed by atoms with van der Waals surface area (Å²) in [6.45, 7) is 12.7. The fraction of sp³-hybridized carbons (Fsp3) is 1.00. The summed E-state index contributed by atoms with van der Waals surface area (Å²) in [7, 11) is 2.22. The lowest BCUT2D eigenvalue weighted by molar-refractivity contribution is 0.152. The molecule has 1 aliphatic rings. The maximum absolute atomic E-state index is 2.62. The van der Waals surface area contributed by atoms with Crippen molar-refractivity contribution in [3.05, 3.63) is 0 Å². The van der Waals surface area contributed by atoms with Gasteiger partial charge in [0, 0.05) is 26.2 Å². The minimum Gasteiger partial charge on any atom is -0.304 e. The molecule has 1 rings (SSSR count). The zero-order valence-electron chi connectivity index (χ0n) is 12.7. The third-order valence-corrected chi connectivity index (χ3v) is 3.42. The van der Waals surface area contributed by atoms with Crippen LogP contribution in [0.15, 0.2) is 0 Å². The van der Waals surface area contributed by atoms with Gasteiger partial charge >= 0.3 is 0 Å². The second-order valence-corrected chi connectivity index (χ2v) is 4.91. The smallest absolute Gasteiger partial charge is 0.0110 e. The molecule has 0 aromatic carbocycles. The lowest BCUT2D eigenvalue weighted by Gasteiger charge is -2.32. The summed E-state index contributed by atoms with van der Waals surface area (Å²) in [6.07, 6.45) is 8.52. The molecule has 1 fully saturated rings. The Hall–Kier alpha value is -0.0800. The summed E-state index contributed by atoms with van der Waals surface area (Å²) in [6, 6.07) is 0. The van der Waals surface area contributed by atoms with E-state index < -0.39 is 0 Å². The van der Waals surface area contributed by atoms with Crippen molar-refractivity contribution < 1.29 is 0 Å². The summed E-state index contributed by atoms with van der Waals surface area (Å²) < 4.78 is 0. The van der Waals surface area contributed by atoms with Crippen LogP contribution in [0, 0.1) is 0 Å². The molecule has 2 heteroatoms. The quantitative estimate of drug-likeness (QED) is 0.629. The van der Waals surface area contributed by atoms with E-state index in [1.165, 1.54) is 71.2 Å². The summed E-state index contributed by atoms with van der Waals surface area (Å²) in [5, 5.41) is 0. The van der Waals surface area contributed by atoms with Crippen molar-refractivity contribution in [1.82, 2.24) is 9.80 Å². The van der Waals surface area contributed by atoms with Crippen molar-refractivity contribution in [2.75, 3.05) is 39.8 Å². The monoisotopic (exact) mass is 242 g/mol. The Morgan fingerprint density at radius 1 is 0.765 bits per heavy atom. The van der Waals surface area contributed by atoms with Crippen LogP contribution in [0.5, 0.6) is 0 Å². The third kappa shape index (κ3) is 9.61. The van der Waals surface area contributed by atoms with Gasteiger partial charge in [0.15, 0.2) is 0 Å². The molecule has 0 aromatic rings. The molecule has 1 saturated heterocycles. The SMILES string of the molecule is CC.CCCCCCCCN1CCN(C)CC1. The Morgan fingerprint density at radius 2 is 1.29 bits per heavy atom. The first-order valence-corrected chi connectivity index (χ1v) is 7.74. The van der Waals surface area contributed by atoms with Gasteiger partial charge in [0.1, 0.15) is 0 Å². The fourth-order valence-electron chi connectivity index (χ4n) is 2.19. The topological polar surface area (TPSA) is 6.48 Å². The normalized spacial score (nSPS) is 17.6. The van der Waals surface area contributed by atoms with E-state index in [4.69, 9.17) is 0 Å². The van der Waals surface area contributed by atoms with Crippen LogP contribution in [-0.4, -0.2) is 49.6 Å². The van der Waals surface area contributed by atoms with E-state index in [0.29, 0.717) is 0 Å². The van der Waals surface area contributed by atoms with Gasteiger partial charge in [0.25, 0.3) is 0 Å². The molecule has 0 spiro atoms. The molecule has 0 radical (unpaired) electrons. The molecule has 104 valence electrons. The molecular weight excluding hydrogens is 208 g/mol. The highest BCUT2D eigenvalue weighted by molar-refractivity contribution is 4.68. The van der Waals surface area contributed by atoms with Gasteiger partial charge in [-0.05, 0) is 20.0 Å². The lowest BCUT2D eigenvalue weighted by atomic mass is 10.1. The molecule has 0 amide bonds. The minimum absolute atomic E-state index is 1.26. The van der Waals surface area contributed by atoms with Gasteiger partial charge in [-0.1, -0.05) is 52.9 Å². The first-order valence-electron chi connectivity index (χ1n) is 7.74. The van der Waals surface area contributed by atoms with E-state index >= 15 is 0 Å². The molecular formula is C15H34N2. The number of piperazine rings is 1. The van der Waals surface area contributed by atoms with Crippen LogP contribution in [0.4, 0.5) is 0 Å². The molecule has 0 unspecified atom stereocenters. The zero-order valence-corrected chi connectivity index (χ0v) is 12.7. The van der Waals surface area contributed by atoms with Gasteiger partial charge in [-0.25, -0.2) is 0 Å². The van der Waals surface area contributed by atoms with Crippen LogP contribution in [0.25, 0.3) is 0 Å². The van der Waals surface area contributed by atoms with Gasteiger partial charge in [-0.3, -0.25) is 0 Å². The number of likely N-dealkylation sites (N-methyl/N-ethyl adjacent to an activating group) is 1. The molecule has 2 nitrogen and oxygen atoms in total. The first kappa shape index (κ1) is 16.9. The molecule has 0 aromatic heterocycles. The fourth-order valence-corrected chi connectivity index (χ4v) is 2.19. The van der Waals surface area contributed by atoms with E-state index in [1.807, 2.05) is 13.8 Å². The van der Waals surface area contributed by atoms with Crippen molar-refractivity contribution in [3.8, 4) is 0 Å². The highest BCUT2D eigenvalue weighted by atomic mass is 15.2. The van der Waals surface area contributed by atoms with Gasteiger partial charge < -0.3 is 9.80 Å². The van der Waals surface area contributed by atoms with E-state index in [-0.39, 0.29) is 0 Å². The van der Waals surface area contributed by atoms with Gasteiger partial charge in [-0.2, -0.15) is 0 Å². The maximum Gasteiger partial charge on any atom is 0.0110 e. The molecule has 0 aliphatic carbocycles. The minimum atomic E-state index is 1.26. The van der Waals surface area contributed by atoms with Crippen molar-refractivity contribution in [2.45, 2.75) is 59.3 Å². The second kappa shape index (κ2) is 12.4. The number of hydrogen-bond donors (Lipinski definition) is 0. The molecule has 1 heterocycles. The van der Waals surface area contributed by atoms with Crippen molar-refractivity contribution >= 4 is 0 Å². The Morgan fingerprint density at radius 3 is 1.88 bits per heavy atom. The van der Waals surface area contributed by atoms with Crippen LogP contribution in [0.1, 0.15) is 59.3 Å². The largest absolute Gasteiger partial charge is 0.304 e. The van der Waals surface area contributed by atoms with Crippen LogP contribution in [-0.2, 0) is 0 Å². The molecule has 0 N–H and O–H groups in total. The Kier molecular flexibility index (Phi) is 12.3. The number of nitrogens with zero attached hydrogens (tertiary/aromatic N) is 2. The molecule has 0 saturated carbocycles. The molecule has 0 atom stereocenters. The zero-order chi connectivity index (χ0) is 12.9. The van der Waals surface area contributed by atoms with Gasteiger partial charge in [0.2, 0.25) is 0 Å². The standard InChI is InChI=1S/C13H28N2.C2H6/c1-3-4-5-6-7-8-9-15-12-10-14(2)11-13-15;1-2/h3-13H2,1-2H3;1-2H3. The van der Waals surface area contributed by atoms with Crippen molar-refractivity contribution in [2.24, 2.45) is 0 Å². The molecule has 0 bridgehead atoms. The Bertz CT molecular complexity index is 140. The van der Waals surface area contributed by atoms with Crippen molar-refractivity contribution in [1.29, 1.82) is 0 Å². The predicted molar refractivity (Wildman–Crippen MR) is 78.7 cm³/mol. The highest BCUT2D eigenvalue weighted by Crippen LogP contribution is 2.07. The summed E-state index contributed by atoms with van der Waals surface area (Å²) in [5.41, 5.74) is 0. The van der Waals surface area contributed by atoms with Crippen LogP contribution in [0.3, 0.4) is 0 Å². The number of unbranched alkanes of at least 4 members (excludes halogenated alkanes) is 5. The Balaban J connectivity index is 0.00000121. The summed E-state index contributed by atoms with van der Waals surface area (Å²) in [5.74, 6) is 0. The summed E-state index contributed by atoms with van der Waals surface area (Å²) >= 11 is 0. The second-order valence-electron chi connectivity index (χ2n) is 4.91. The van der Waals surface area contributed by atoms with Crippen LogP contribution in [0.2, 0.25) is 0 Å². The van der Waals surface area contributed by atoms with Gasteiger partial charge in [0.05, 0.1) is 0 Å². The van der Waals surface area contributed by atoms with Gasteiger partial charge in [-0.15, -0.1) is 0 Å². The predicted octanol–water partition coefficient (Wildman–Crippen LogP) is 3.62. The Labute approximate surface area is 109 Å². The van der Waals surface area contributed by atoms with Crippen LogP contribution >= 0.6 is 0 Å². The highest BCUT2D eigenvalue weighted by Gasteiger charge is 2.12. The van der Waals surface area contributed by atoms with Crippen molar-refractivity contribution in [3.63, 3.8) is 0 Å². The van der Waals surface area contributed by atoms with E-state index in [0.717, 1.165) is 0 Å². The maximum atomic E-state index is 2.62. The van der Waals surface area contributed by atoms with E-state index in [1.54, 1.807) is 0 Å². The number of hydrogen-bond acceptors (Lipinski definition) is 2. The lowest BCUT2D eigenvalue weighted by Crippen LogP contribution is -2.44. The van der Waals surface area contributed by atoms with E-state index in [2.05, 4.69) is 23.8 Å². The average molecular weight is 242 g/mol. The number of rotatable bonds is 7. The molecule has 17 heavy (non-hydrogen) atoms. The molecule has 1 aliphatic heterocycles. The first-order chi connectivity index (χ1) is 8.33. The summed E-state index contributed by atoms with van der Waals surface area (Å²) in [4.78, 5) is 5.05. The third-order valence-electron chi connectivity index (χ3n) is 3.42. The van der Waals surface area contributed by atoms with E-state index in [9.17, 15) is 0 Å². The van der Waals surface area contributed by atoms with Crippen LogP contribution < -0.4 is 0 Å².